The summed E-state index contributed by atoms with van der Waals surface area (Å²) >= 11 is 0. The lowest BCUT2D eigenvalue weighted by atomic mass is 9.85. The number of carbonyl (C=O) groups is 2. The molecule has 1 amide bonds. The van der Waals surface area contributed by atoms with Crippen molar-refractivity contribution in [3.05, 3.63) is 0 Å². The van der Waals surface area contributed by atoms with Crippen molar-refractivity contribution in [1.29, 1.82) is 0 Å². The summed E-state index contributed by atoms with van der Waals surface area (Å²) in [7, 11) is 0. The molecular weight excluding hydrogens is 278 g/mol. The number of rotatable bonds is 7. The Kier molecular flexibility index (Phi) is 7.91. The highest BCUT2D eigenvalue weighted by molar-refractivity contribution is 5.68. The lowest BCUT2D eigenvalue weighted by Crippen LogP contribution is -2.47. The molecule has 0 saturated heterocycles. The zero-order valence-electron chi connectivity index (χ0n) is 14.8. The van der Waals surface area contributed by atoms with E-state index in [1.807, 2.05) is 25.7 Å². The Morgan fingerprint density at radius 3 is 2.45 bits per heavy atom. The van der Waals surface area contributed by atoms with Gasteiger partial charge in [0.15, 0.2) is 0 Å². The van der Waals surface area contributed by atoms with Gasteiger partial charge in [-0.2, -0.15) is 0 Å². The van der Waals surface area contributed by atoms with Gasteiger partial charge in [0.1, 0.15) is 11.9 Å². The summed E-state index contributed by atoms with van der Waals surface area (Å²) in [6.07, 6.45) is 8.96. The van der Waals surface area contributed by atoms with Crippen LogP contribution in [-0.4, -0.2) is 35.5 Å². The van der Waals surface area contributed by atoms with Gasteiger partial charge in [-0.05, 0) is 52.4 Å². The van der Waals surface area contributed by atoms with Gasteiger partial charge in [-0.25, -0.2) is 4.79 Å². The number of carbonyl (C=O) groups excluding carboxylic acids is 2. The normalized spacial score (nSPS) is 22.2. The van der Waals surface area contributed by atoms with E-state index < -0.39 is 5.60 Å². The van der Waals surface area contributed by atoms with Crippen LogP contribution in [0.4, 0.5) is 4.79 Å². The van der Waals surface area contributed by atoms with Crippen LogP contribution in [-0.2, 0) is 9.53 Å². The molecule has 1 fully saturated rings. The monoisotopic (exact) mass is 311 g/mol. The van der Waals surface area contributed by atoms with Crippen molar-refractivity contribution in [2.75, 3.05) is 6.54 Å². The summed E-state index contributed by atoms with van der Waals surface area (Å²) < 4.78 is 5.61. The summed E-state index contributed by atoms with van der Waals surface area (Å²) in [4.78, 5) is 24.9. The molecule has 2 unspecified atom stereocenters. The molecule has 0 spiro atoms. The molecule has 1 rings (SSSR count). The zero-order valence-corrected chi connectivity index (χ0v) is 14.8. The van der Waals surface area contributed by atoms with Gasteiger partial charge in [-0.3, -0.25) is 0 Å². The Morgan fingerprint density at radius 1 is 1.18 bits per heavy atom. The van der Waals surface area contributed by atoms with Crippen LogP contribution in [0, 0.1) is 5.92 Å². The first kappa shape index (κ1) is 19.0. The van der Waals surface area contributed by atoms with E-state index in [4.69, 9.17) is 4.74 Å². The number of hydrogen-bond donors (Lipinski definition) is 0. The van der Waals surface area contributed by atoms with Crippen molar-refractivity contribution >= 4 is 12.4 Å². The number of unbranched alkanes of at least 4 members (excludes halogenated alkanes) is 3. The van der Waals surface area contributed by atoms with Crippen LogP contribution < -0.4 is 0 Å². The highest BCUT2D eigenvalue weighted by Crippen LogP contribution is 2.29. The van der Waals surface area contributed by atoms with Crippen molar-refractivity contribution < 1.29 is 14.3 Å². The summed E-state index contributed by atoms with van der Waals surface area (Å²) in [6, 6.07) is 0.301. The number of nitrogens with zero attached hydrogens (tertiary/aromatic N) is 1. The molecule has 0 aromatic carbocycles. The highest BCUT2D eigenvalue weighted by atomic mass is 16.6. The van der Waals surface area contributed by atoms with Gasteiger partial charge in [0, 0.05) is 19.0 Å². The quantitative estimate of drug-likeness (QED) is 0.511. The third-order valence-electron chi connectivity index (χ3n) is 4.32. The van der Waals surface area contributed by atoms with E-state index in [1.165, 1.54) is 19.3 Å². The Bertz CT molecular complexity index is 349. The molecule has 4 heteroatoms. The van der Waals surface area contributed by atoms with E-state index in [1.54, 1.807) is 0 Å². The molecule has 0 N–H and O–H groups in total. The molecule has 0 aromatic heterocycles. The maximum atomic E-state index is 12.6. The van der Waals surface area contributed by atoms with Crippen LogP contribution in [0.2, 0.25) is 0 Å². The molecule has 0 heterocycles. The molecule has 4 nitrogen and oxygen atoms in total. The molecule has 22 heavy (non-hydrogen) atoms. The number of ether oxygens (including phenoxy) is 1. The van der Waals surface area contributed by atoms with Crippen LogP contribution in [0.1, 0.15) is 79.1 Å². The van der Waals surface area contributed by atoms with Gasteiger partial charge in [0.25, 0.3) is 0 Å². The maximum absolute atomic E-state index is 12.6. The molecule has 0 radical (unpaired) electrons. The van der Waals surface area contributed by atoms with E-state index in [9.17, 15) is 9.59 Å². The Morgan fingerprint density at radius 2 is 1.86 bits per heavy atom. The van der Waals surface area contributed by atoms with Crippen molar-refractivity contribution in [3.8, 4) is 0 Å². The number of amides is 1. The molecule has 0 aromatic rings. The fraction of sp³-hybridized carbons (Fsp3) is 0.889. The smallest absolute Gasteiger partial charge is 0.410 e. The van der Waals surface area contributed by atoms with Crippen LogP contribution in [0.3, 0.4) is 0 Å². The van der Waals surface area contributed by atoms with Crippen molar-refractivity contribution in [2.24, 2.45) is 5.92 Å². The van der Waals surface area contributed by atoms with Crippen molar-refractivity contribution in [2.45, 2.75) is 90.7 Å². The number of aldehydes is 1. The zero-order chi connectivity index (χ0) is 16.6. The van der Waals surface area contributed by atoms with Crippen molar-refractivity contribution in [1.82, 2.24) is 4.90 Å². The highest BCUT2D eigenvalue weighted by Gasteiger charge is 2.32. The average Bonchev–Trinajstić information content (AvgIpc) is 2.42. The lowest BCUT2D eigenvalue weighted by Gasteiger charge is -2.39. The summed E-state index contributed by atoms with van der Waals surface area (Å²) in [5, 5.41) is 0. The van der Waals surface area contributed by atoms with Gasteiger partial charge < -0.3 is 14.4 Å². The second-order valence-corrected chi connectivity index (χ2v) is 7.52. The van der Waals surface area contributed by atoms with E-state index >= 15 is 0 Å². The van der Waals surface area contributed by atoms with Crippen LogP contribution in [0.5, 0.6) is 0 Å². The molecule has 0 aliphatic heterocycles. The minimum absolute atomic E-state index is 0.179. The lowest BCUT2D eigenvalue weighted by molar-refractivity contribution is -0.107. The third-order valence-corrected chi connectivity index (χ3v) is 4.32. The van der Waals surface area contributed by atoms with E-state index in [2.05, 4.69) is 6.92 Å². The standard InChI is InChI=1S/C18H33NO3/c1-15-11-7-8-12-16(15)19(13-9-5-6-10-14-20)17(21)22-18(2,3)4/h14-16H,5-13H2,1-4H3. The van der Waals surface area contributed by atoms with Crippen molar-refractivity contribution in [3.63, 3.8) is 0 Å². The van der Waals surface area contributed by atoms with Gasteiger partial charge >= 0.3 is 6.09 Å². The van der Waals surface area contributed by atoms with Crippen LogP contribution in [0.15, 0.2) is 0 Å². The minimum atomic E-state index is -0.454. The average molecular weight is 311 g/mol. The van der Waals surface area contributed by atoms with Gasteiger partial charge in [0.2, 0.25) is 0 Å². The van der Waals surface area contributed by atoms with Crippen LogP contribution >= 0.6 is 0 Å². The summed E-state index contributed by atoms with van der Waals surface area (Å²) in [5.41, 5.74) is -0.454. The van der Waals surface area contributed by atoms with Crippen LogP contribution in [0.25, 0.3) is 0 Å². The molecular formula is C18H33NO3. The first-order chi connectivity index (χ1) is 10.3. The predicted octanol–water partition coefficient (Wildman–Crippen LogP) is 4.56. The van der Waals surface area contributed by atoms with E-state index in [0.717, 1.165) is 38.5 Å². The summed E-state index contributed by atoms with van der Waals surface area (Å²) in [5.74, 6) is 0.538. The molecule has 128 valence electrons. The third kappa shape index (κ3) is 6.80. The Balaban J connectivity index is 2.62. The molecule has 1 saturated carbocycles. The molecule has 1 aliphatic carbocycles. The van der Waals surface area contributed by atoms with Gasteiger partial charge in [-0.1, -0.05) is 26.2 Å². The van der Waals surface area contributed by atoms with E-state index in [0.29, 0.717) is 18.4 Å². The first-order valence-electron chi connectivity index (χ1n) is 8.78. The maximum Gasteiger partial charge on any atom is 0.410 e. The van der Waals surface area contributed by atoms with E-state index in [-0.39, 0.29) is 6.09 Å². The second-order valence-electron chi connectivity index (χ2n) is 7.52. The van der Waals surface area contributed by atoms with Gasteiger partial charge in [-0.15, -0.1) is 0 Å². The Hall–Kier alpha value is -1.06. The second kappa shape index (κ2) is 9.16. The topological polar surface area (TPSA) is 46.6 Å². The SMILES string of the molecule is CC1CCCCC1N(CCCCCC=O)C(=O)OC(C)(C)C. The Labute approximate surface area is 135 Å². The molecule has 1 aliphatic rings. The first-order valence-corrected chi connectivity index (χ1v) is 8.78. The number of hydrogen-bond acceptors (Lipinski definition) is 3. The molecule has 0 bridgehead atoms. The summed E-state index contributed by atoms with van der Waals surface area (Å²) in [6.45, 7) is 8.72. The van der Waals surface area contributed by atoms with Gasteiger partial charge in [0.05, 0.1) is 0 Å². The fourth-order valence-electron chi connectivity index (χ4n) is 3.16. The fourth-order valence-corrected chi connectivity index (χ4v) is 3.16. The molecule has 2 atom stereocenters. The largest absolute Gasteiger partial charge is 0.444 e. The predicted molar refractivity (Wildman–Crippen MR) is 88.9 cm³/mol. The minimum Gasteiger partial charge on any atom is -0.444 e.